The van der Waals surface area contributed by atoms with Crippen molar-refractivity contribution in [3.8, 4) is 5.75 Å². The molecule has 1 atom stereocenters. The molecule has 0 saturated carbocycles. The van der Waals surface area contributed by atoms with Crippen molar-refractivity contribution in [3.63, 3.8) is 0 Å². The third-order valence-electron chi connectivity index (χ3n) is 4.36. The van der Waals surface area contributed by atoms with Crippen LogP contribution >= 0.6 is 0 Å². The predicted molar refractivity (Wildman–Crippen MR) is 106 cm³/mol. The summed E-state index contributed by atoms with van der Waals surface area (Å²) in [4.78, 5) is 10.1. The molecule has 1 aromatic heterocycles. The van der Waals surface area contributed by atoms with Gasteiger partial charge < -0.3 is 9.84 Å². The number of alkyl halides is 3. The molecular weight excluding hydrogens is 395 g/mol. The van der Waals surface area contributed by atoms with Gasteiger partial charge in [0.05, 0.1) is 5.56 Å². The second-order valence-electron chi connectivity index (χ2n) is 6.89. The number of ether oxygens (including phenoxy) is 1. The highest BCUT2D eigenvalue weighted by atomic mass is 19.4. The molecule has 0 radical (unpaired) electrons. The van der Waals surface area contributed by atoms with Gasteiger partial charge in [-0.25, -0.2) is 9.97 Å². The lowest BCUT2D eigenvalue weighted by molar-refractivity contribution is -0.137. The summed E-state index contributed by atoms with van der Waals surface area (Å²) >= 11 is 0. The van der Waals surface area contributed by atoms with Crippen molar-refractivity contribution >= 4 is 0 Å². The fourth-order valence-corrected chi connectivity index (χ4v) is 2.98. The zero-order valence-corrected chi connectivity index (χ0v) is 16.2. The first kappa shape index (κ1) is 21.7. The van der Waals surface area contributed by atoms with Crippen LogP contribution in [0.3, 0.4) is 0 Å². The van der Waals surface area contributed by atoms with Gasteiger partial charge in [-0.05, 0) is 29.8 Å². The Morgan fingerprint density at radius 3 is 2.17 bits per heavy atom. The molecule has 30 heavy (non-hydrogen) atoms. The zero-order chi connectivity index (χ0) is 21.4. The standard InChI is InChI=1S/C22H22F3N3O2/c23-22(24,25)19-6-8-21(9-7-19)30-15-20(29)14-28(12-17-4-2-1-3-5-17)13-18-10-26-16-27-11-18/h1-11,16,20,29H,12-15H2. The lowest BCUT2D eigenvalue weighted by Gasteiger charge is -2.25. The predicted octanol–water partition coefficient (Wildman–Crippen LogP) is 3.94. The molecule has 0 spiro atoms. The number of rotatable bonds is 9. The van der Waals surface area contributed by atoms with Crippen LogP contribution in [0.5, 0.6) is 5.75 Å². The number of aliphatic hydroxyl groups excluding tert-OH is 1. The van der Waals surface area contributed by atoms with Crippen LogP contribution in [0.2, 0.25) is 0 Å². The molecule has 0 fully saturated rings. The van der Waals surface area contributed by atoms with Gasteiger partial charge in [-0.3, -0.25) is 4.90 Å². The van der Waals surface area contributed by atoms with Gasteiger partial charge in [-0.1, -0.05) is 30.3 Å². The Balaban J connectivity index is 1.58. The lowest BCUT2D eigenvalue weighted by Crippen LogP contribution is -2.35. The minimum absolute atomic E-state index is 0.0397. The molecule has 0 aliphatic carbocycles. The van der Waals surface area contributed by atoms with Crippen LogP contribution in [-0.2, 0) is 19.3 Å². The molecule has 158 valence electrons. The highest BCUT2D eigenvalue weighted by Gasteiger charge is 2.30. The van der Waals surface area contributed by atoms with Crippen molar-refractivity contribution in [3.05, 3.63) is 90.0 Å². The summed E-state index contributed by atoms with van der Waals surface area (Å²) in [6, 6.07) is 14.2. The van der Waals surface area contributed by atoms with E-state index in [9.17, 15) is 18.3 Å². The lowest BCUT2D eigenvalue weighted by atomic mass is 10.2. The smallest absolute Gasteiger partial charge is 0.416 e. The van der Waals surface area contributed by atoms with E-state index in [0.29, 0.717) is 19.6 Å². The Labute approximate surface area is 172 Å². The number of halogens is 3. The van der Waals surface area contributed by atoms with E-state index in [1.54, 1.807) is 12.4 Å². The maximum absolute atomic E-state index is 12.6. The van der Waals surface area contributed by atoms with E-state index in [1.165, 1.54) is 18.5 Å². The number of aromatic nitrogens is 2. The first-order valence-corrected chi connectivity index (χ1v) is 9.38. The topological polar surface area (TPSA) is 58.5 Å². The summed E-state index contributed by atoms with van der Waals surface area (Å²) in [6.07, 6.45) is -0.332. The zero-order valence-electron chi connectivity index (χ0n) is 16.2. The monoisotopic (exact) mass is 417 g/mol. The third-order valence-corrected chi connectivity index (χ3v) is 4.36. The molecule has 0 aliphatic heterocycles. The third kappa shape index (κ3) is 6.82. The molecule has 3 aromatic rings. The summed E-state index contributed by atoms with van der Waals surface area (Å²) in [5.74, 6) is 0.271. The molecule has 0 aliphatic rings. The average Bonchev–Trinajstić information content (AvgIpc) is 2.73. The molecular formula is C22H22F3N3O2. The summed E-state index contributed by atoms with van der Waals surface area (Å²) in [7, 11) is 0. The maximum Gasteiger partial charge on any atom is 0.416 e. The van der Waals surface area contributed by atoms with Gasteiger partial charge in [0.2, 0.25) is 0 Å². The molecule has 2 aromatic carbocycles. The number of benzene rings is 2. The van der Waals surface area contributed by atoms with E-state index in [0.717, 1.165) is 23.3 Å². The van der Waals surface area contributed by atoms with Crippen LogP contribution < -0.4 is 4.74 Å². The number of hydrogen-bond donors (Lipinski definition) is 1. The number of hydrogen-bond acceptors (Lipinski definition) is 5. The van der Waals surface area contributed by atoms with E-state index in [2.05, 4.69) is 9.97 Å². The van der Waals surface area contributed by atoms with Crippen LogP contribution in [0.4, 0.5) is 13.2 Å². The fourth-order valence-electron chi connectivity index (χ4n) is 2.98. The van der Waals surface area contributed by atoms with Crippen LogP contribution in [-0.4, -0.2) is 39.2 Å². The normalized spacial score (nSPS) is 12.7. The van der Waals surface area contributed by atoms with Gasteiger partial charge in [0.15, 0.2) is 0 Å². The molecule has 1 N–H and O–H groups in total. The summed E-state index contributed by atoms with van der Waals surface area (Å²) in [5.41, 5.74) is 1.25. The van der Waals surface area contributed by atoms with Crippen LogP contribution in [0.25, 0.3) is 0 Å². The minimum atomic E-state index is -4.39. The largest absolute Gasteiger partial charge is 0.491 e. The van der Waals surface area contributed by atoms with Crippen molar-refractivity contribution in [2.75, 3.05) is 13.2 Å². The first-order chi connectivity index (χ1) is 14.4. The summed E-state index contributed by atoms with van der Waals surface area (Å²) in [5, 5.41) is 10.4. The van der Waals surface area contributed by atoms with Gasteiger partial charge >= 0.3 is 6.18 Å². The van der Waals surface area contributed by atoms with E-state index < -0.39 is 17.8 Å². The summed E-state index contributed by atoms with van der Waals surface area (Å²) in [6.45, 7) is 1.41. The highest BCUT2D eigenvalue weighted by Crippen LogP contribution is 2.30. The van der Waals surface area contributed by atoms with Gasteiger partial charge in [0, 0.05) is 37.6 Å². The SMILES string of the molecule is OC(COc1ccc(C(F)(F)F)cc1)CN(Cc1ccccc1)Cc1cncnc1. The Hall–Kier alpha value is -2.97. The maximum atomic E-state index is 12.6. The second-order valence-corrected chi connectivity index (χ2v) is 6.89. The Morgan fingerprint density at radius 1 is 0.900 bits per heavy atom. The molecule has 0 bridgehead atoms. The van der Waals surface area contributed by atoms with E-state index in [-0.39, 0.29) is 12.4 Å². The summed E-state index contributed by atoms with van der Waals surface area (Å²) < 4.78 is 43.4. The van der Waals surface area contributed by atoms with Crippen molar-refractivity contribution < 1.29 is 23.0 Å². The molecule has 5 nitrogen and oxygen atoms in total. The van der Waals surface area contributed by atoms with E-state index >= 15 is 0 Å². The molecule has 0 amide bonds. The van der Waals surface area contributed by atoms with Crippen LogP contribution in [0.1, 0.15) is 16.7 Å². The fraction of sp³-hybridized carbons (Fsp3) is 0.273. The van der Waals surface area contributed by atoms with Gasteiger partial charge in [-0.2, -0.15) is 13.2 Å². The first-order valence-electron chi connectivity index (χ1n) is 9.38. The Bertz CT molecular complexity index is 850. The van der Waals surface area contributed by atoms with Gasteiger partial charge in [0.1, 0.15) is 24.8 Å². The quantitative estimate of drug-likeness (QED) is 0.572. The van der Waals surface area contributed by atoms with Crippen molar-refractivity contribution in [2.45, 2.75) is 25.4 Å². The van der Waals surface area contributed by atoms with Gasteiger partial charge in [-0.15, -0.1) is 0 Å². The molecule has 8 heteroatoms. The Morgan fingerprint density at radius 2 is 1.53 bits per heavy atom. The molecule has 3 rings (SSSR count). The minimum Gasteiger partial charge on any atom is -0.491 e. The van der Waals surface area contributed by atoms with Crippen LogP contribution in [0, 0.1) is 0 Å². The van der Waals surface area contributed by atoms with Crippen molar-refractivity contribution in [2.24, 2.45) is 0 Å². The van der Waals surface area contributed by atoms with Crippen LogP contribution in [0.15, 0.2) is 73.3 Å². The number of aliphatic hydroxyl groups is 1. The second kappa shape index (κ2) is 10.2. The van der Waals surface area contributed by atoms with Gasteiger partial charge in [0.25, 0.3) is 0 Å². The molecule has 1 unspecified atom stereocenters. The van der Waals surface area contributed by atoms with E-state index in [1.807, 2.05) is 35.2 Å². The molecule has 0 saturated heterocycles. The van der Waals surface area contributed by atoms with Crippen molar-refractivity contribution in [1.82, 2.24) is 14.9 Å². The number of nitrogens with zero attached hydrogens (tertiary/aromatic N) is 3. The average molecular weight is 417 g/mol. The highest BCUT2D eigenvalue weighted by molar-refractivity contribution is 5.28. The van der Waals surface area contributed by atoms with Crippen molar-refractivity contribution in [1.29, 1.82) is 0 Å². The Kier molecular flexibility index (Phi) is 7.37. The van der Waals surface area contributed by atoms with E-state index in [4.69, 9.17) is 4.74 Å². The molecule has 1 heterocycles.